The molecule has 0 fully saturated rings. The lowest BCUT2D eigenvalue weighted by atomic mass is 10.1. The maximum atomic E-state index is 11.3. The monoisotopic (exact) mass is 565 g/mol. The molecule has 0 amide bonds. The summed E-state index contributed by atoms with van der Waals surface area (Å²) in [7, 11) is -7.18. The third kappa shape index (κ3) is 9.31. The molecular formula is C25H31N3O6S3. The highest BCUT2D eigenvalue weighted by atomic mass is 32.2. The van der Waals surface area contributed by atoms with Gasteiger partial charge in [-0.25, -0.2) is 4.98 Å². The number of hydrogen-bond acceptors (Lipinski definition) is 10. The van der Waals surface area contributed by atoms with Crippen LogP contribution in [0.2, 0.25) is 0 Å². The Morgan fingerprint density at radius 1 is 0.919 bits per heavy atom. The molecule has 0 unspecified atom stereocenters. The van der Waals surface area contributed by atoms with Crippen molar-refractivity contribution in [3.8, 4) is 11.3 Å². The van der Waals surface area contributed by atoms with Gasteiger partial charge in [0.15, 0.2) is 0 Å². The van der Waals surface area contributed by atoms with Crippen molar-refractivity contribution in [3.63, 3.8) is 0 Å². The number of nitrogens with zero attached hydrogens (tertiary/aromatic N) is 3. The molecule has 1 aromatic heterocycles. The maximum Gasteiger partial charge on any atom is 0.264 e. The van der Waals surface area contributed by atoms with E-state index in [1.807, 2.05) is 61.2 Å². The van der Waals surface area contributed by atoms with Crippen LogP contribution in [0.15, 0.2) is 47.5 Å². The van der Waals surface area contributed by atoms with E-state index < -0.39 is 20.2 Å². The van der Waals surface area contributed by atoms with Crippen molar-refractivity contribution in [3.05, 3.63) is 63.5 Å². The first kappa shape index (κ1) is 28.9. The lowest BCUT2D eigenvalue weighted by Crippen LogP contribution is -2.32. The Hall–Kier alpha value is -2.64. The first-order chi connectivity index (χ1) is 17.3. The number of anilines is 1. The summed E-state index contributed by atoms with van der Waals surface area (Å²) in [5.41, 5.74) is 5.51. The molecule has 9 nitrogen and oxygen atoms in total. The molecule has 0 aliphatic heterocycles. The van der Waals surface area contributed by atoms with Gasteiger partial charge >= 0.3 is 0 Å². The quantitative estimate of drug-likeness (QED) is 0.237. The summed E-state index contributed by atoms with van der Waals surface area (Å²) in [4.78, 5) is 12.2. The van der Waals surface area contributed by atoms with E-state index in [4.69, 9.17) is 8.37 Å². The maximum absolute atomic E-state index is 11.3. The van der Waals surface area contributed by atoms with Crippen LogP contribution >= 0.6 is 11.3 Å². The number of rotatable bonds is 12. The molecule has 200 valence electrons. The minimum Gasteiger partial charge on any atom is -0.367 e. The standard InChI is InChI=1S/C25H31N3O6S3/c1-18-16-24(28(12-14-33-36(4,29)30)13-15-34-37(5,31)32)11-8-22(18)17-26-23-9-6-21(7-10-23)25-19(2)35-20(3)27-25/h6-11,16-17H,12-15H2,1-5H3. The molecule has 12 heteroatoms. The second-order valence-electron chi connectivity index (χ2n) is 8.52. The van der Waals surface area contributed by atoms with Crippen LogP contribution in [-0.4, -0.2) is 66.8 Å². The van der Waals surface area contributed by atoms with Gasteiger partial charge in [-0.05, 0) is 56.2 Å². The van der Waals surface area contributed by atoms with Gasteiger partial charge in [0.05, 0.1) is 42.1 Å². The summed E-state index contributed by atoms with van der Waals surface area (Å²) in [6.45, 7) is 6.33. The van der Waals surface area contributed by atoms with Crippen LogP contribution < -0.4 is 4.90 Å². The van der Waals surface area contributed by atoms with Gasteiger partial charge in [-0.15, -0.1) is 11.3 Å². The predicted molar refractivity (Wildman–Crippen MR) is 149 cm³/mol. The predicted octanol–water partition coefficient (Wildman–Crippen LogP) is 4.24. The second-order valence-corrected chi connectivity index (χ2v) is 13.2. The molecular weight excluding hydrogens is 534 g/mol. The minimum absolute atomic E-state index is 0.0735. The number of thiazole rings is 1. The second kappa shape index (κ2) is 12.3. The molecule has 2 aromatic carbocycles. The van der Waals surface area contributed by atoms with E-state index >= 15 is 0 Å². The first-order valence-corrected chi connectivity index (χ1v) is 15.9. The highest BCUT2D eigenvalue weighted by molar-refractivity contribution is 7.86. The van der Waals surface area contributed by atoms with E-state index in [0.29, 0.717) is 0 Å². The fraction of sp³-hybridized carbons (Fsp3) is 0.360. The zero-order chi connectivity index (χ0) is 27.2. The minimum atomic E-state index is -3.59. The number of aryl methyl sites for hydroxylation is 3. The number of aromatic nitrogens is 1. The zero-order valence-corrected chi connectivity index (χ0v) is 23.9. The summed E-state index contributed by atoms with van der Waals surface area (Å²) in [6, 6.07) is 13.6. The Kier molecular flexibility index (Phi) is 9.59. The van der Waals surface area contributed by atoms with E-state index in [2.05, 4.69) is 16.9 Å². The molecule has 0 spiro atoms. The lowest BCUT2D eigenvalue weighted by Gasteiger charge is -2.25. The van der Waals surface area contributed by atoms with Crippen molar-refractivity contribution in [1.82, 2.24) is 4.98 Å². The van der Waals surface area contributed by atoms with E-state index in [1.165, 1.54) is 4.88 Å². The Morgan fingerprint density at radius 3 is 2.00 bits per heavy atom. The van der Waals surface area contributed by atoms with Crippen molar-refractivity contribution in [2.75, 3.05) is 43.7 Å². The van der Waals surface area contributed by atoms with Gasteiger partial charge in [0.2, 0.25) is 0 Å². The van der Waals surface area contributed by atoms with Crippen molar-refractivity contribution in [2.24, 2.45) is 4.99 Å². The van der Waals surface area contributed by atoms with Crippen LogP contribution in [0.4, 0.5) is 11.4 Å². The summed E-state index contributed by atoms with van der Waals surface area (Å²) in [5.74, 6) is 0. The molecule has 3 aromatic rings. The average Bonchev–Trinajstić information content (AvgIpc) is 3.14. The van der Waals surface area contributed by atoms with Crippen molar-refractivity contribution >= 4 is 49.2 Å². The van der Waals surface area contributed by atoms with Crippen LogP contribution in [0.3, 0.4) is 0 Å². The molecule has 3 rings (SSSR count). The van der Waals surface area contributed by atoms with Gasteiger partial charge in [-0.3, -0.25) is 13.4 Å². The van der Waals surface area contributed by atoms with E-state index in [1.54, 1.807) is 17.6 Å². The average molecular weight is 566 g/mol. The number of hydrogen-bond donors (Lipinski definition) is 0. The first-order valence-electron chi connectivity index (χ1n) is 11.4. The van der Waals surface area contributed by atoms with E-state index in [-0.39, 0.29) is 26.3 Å². The normalized spacial score (nSPS) is 12.4. The van der Waals surface area contributed by atoms with Gasteiger partial charge < -0.3 is 4.90 Å². The van der Waals surface area contributed by atoms with Gasteiger partial charge in [-0.2, -0.15) is 16.8 Å². The Morgan fingerprint density at radius 2 is 1.51 bits per heavy atom. The van der Waals surface area contributed by atoms with E-state index in [0.717, 1.165) is 51.3 Å². The van der Waals surface area contributed by atoms with Crippen LogP contribution in [0, 0.1) is 20.8 Å². The Labute approximate surface area is 223 Å². The Balaban J connectivity index is 1.72. The Bertz CT molecular complexity index is 1430. The summed E-state index contributed by atoms with van der Waals surface area (Å²) in [6.07, 6.45) is 3.75. The van der Waals surface area contributed by atoms with Gasteiger partial charge in [0.1, 0.15) is 0 Å². The molecule has 0 N–H and O–H groups in total. The molecule has 0 bridgehead atoms. The number of benzene rings is 2. The highest BCUT2D eigenvalue weighted by Gasteiger charge is 2.12. The highest BCUT2D eigenvalue weighted by Crippen LogP contribution is 2.28. The molecule has 1 heterocycles. The van der Waals surface area contributed by atoms with Crippen molar-refractivity contribution in [2.45, 2.75) is 20.8 Å². The van der Waals surface area contributed by atoms with Crippen molar-refractivity contribution in [1.29, 1.82) is 0 Å². The SMILES string of the molecule is Cc1nc(-c2ccc(N=Cc3ccc(N(CCOS(C)(=O)=O)CCOS(C)(=O)=O)cc3C)cc2)c(C)s1. The summed E-state index contributed by atoms with van der Waals surface area (Å²) >= 11 is 1.68. The third-order valence-corrected chi connectivity index (χ3v) is 7.41. The van der Waals surface area contributed by atoms with Crippen LogP contribution in [0.5, 0.6) is 0 Å². The molecule has 0 saturated carbocycles. The van der Waals surface area contributed by atoms with Crippen LogP contribution in [0.1, 0.15) is 21.0 Å². The van der Waals surface area contributed by atoms with Gasteiger partial charge in [-0.1, -0.05) is 18.2 Å². The number of aliphatic imine (C=N–C) groups is 1. The smallest absolute Gasteiger partial charge is 0.264 e. The molecule has 0 radical (unpaired) electrons. The van der Waals surface area contributed by atoms with E-state index in [9.17, 15) is 16.8 Å². The van der Waals surface area contributed by atoms with Crippen molar-refractivity contribution < 1.29 is 25.2 Å². The zero-order valence-electron chi connectivity index (χ0n) is 21.5. The van der Waals surface area contributed by atoms with Gasteiger partial charge in [0, 0.05) is 35.4 Å². The summed E-state index contributed by atoms with van der Waals surface area (Å²) in [5, 5.41) is 1.04. The molecule has 37 heavy (non-hydrogen) atoms. The molecule has 0 aliphatic carbocycles. The fourth-order valence-electron chi connectivity index (χ4n) is 3.62. The lowest BCUT2D eigenvalue weighted by molar-refractivity contribution is 0.309. The fourth-order valence-corrected chi connectivity index (χ4v) is 5.21. The topological polar surface area (TPSA) is 115 Å². The molecule has 0 aliphatic rings. The summed E-state index contributed by atoms with van der Waals surface area (Å²) < 4.78 is 55.0. The molecule has 0 saturated heterocycles. The van der Waals surface area contributed by atoms with Crippen LogP contribution in [-0.2, 0) is 28.6 Å². The van der Waals surface area contributed by atoms with Gasteiger partial charge in [0.25, 0.3) is 20.2 Å². The largest absolute Gasteiger partial charge is 0.367 e. The third-order valence-electron chi connectivity index (χ3n) is 5.33. The van der Waals surface area contributed by atoms with Crippen LogP contribution in [0.25, 0.3) is 11.3 Å². The molecule has 0 atom stereocenters.